The Hall–Kier alpha value is -0.820. The fourth-order valence-corrected chi connectivity index (χ4v) is 1.78. The number of rotatable bonds is 5. The summed E-state index contributed by atoms with van der Waals surface area (Å²) in [4.78, 5) is 0. The highest BCUT2D eigenvalue weighted by molar-refractivity contribution is 5.33. The molecule has 1 aromatic rings. The molecule has 90 valence electrons. The van der Waals surface area contributed by atoms with Gasteiger partial charge in [0.1, 0.15) is 0 Å². The second-order valence-electron chi connectivity index (χ2n) is 5.49. The maximum absolute atomic E-state index is 3.57. The van der Waals surface area contributed by atoms with Crippen LogP contribution in [0, 0.1) is 19.3 Å². The summed E-state index contributed by atoms with van der Waals surface area (Å²) in [7, 11) is 0. The number of hydrogen-bond acceptors (Lipinski definition) is 1. The molecular formula is C15H25N. The van der Waals surface area contributed by atoms with Crippen LogP contribution in [-0.2, 0) is 6.54 Å². The Morgan fingerprint density at radius 1 is 1.12 bits per heavy atom. The normalized spacial score (nSPS) is 11.8. The molecule has 0 heterocycles. The van der Waals surface area contributed by atoms with Crippen LogP contribution in [0.15, 0.2) is 18.2 Å². The first-order valence-electron chi connectivity index (χ1n) is 6.22. The van der Waals surface area contributed by atoms with Crippen LogP contribution in [0.4, 0.5) is 0 Å². The molecule has 1 rings (SSSR count). The maximum Gasteiger partial charge on any atom is 0.0210 e. The van der Waals surface area contributed by atoms with Crippen molar-refractivity contribution in [3.8, 4) is 0 Å². The number of nitrogens with one attached hydrogen (secondary N) is 1. The Morgan fingerprint density at radius 3 is 2.19 bits per heavy atom. The van der Waals surface area contributed by atoms with E-state index in [2.05, 4.69) is 58.1 Å². The summed E-state index contributed by atoms with van der Waals surface area (Å²) in [5.74, 6) is 0. The number of hydrogen-bond donors (Lipinski definition) is 1. The molecule has 0 aliphatic carbocycles. The summed E-state index contributed by atoms with van der Waals surface area (Å²) in [5.41, 5.74) is 4.63. The molecule has 1 N–H and O–H groups in total. The van der Waals surface area contributed by atoms with Gasteiger partial charge in [-0.05, 0) is 42.4 Å². The minimum absolute atomic E-state index is 0.399. The molecule has 0 aliphatic heterocycles. The van der Waals surface area contributed by atoms with E-state index in [0.717, 1.165) is 13.1 Å². The molecular weight excluding hydrogens is 194 g/mol. The highest BCUT2D eigenvalue weighted by Gasteiger charge is 2.14. The average Bonchev–Trinajstić information content (AvgIpc) is 2.22. The Kier molecular flexibility index (Phi) is 4.55. The average molecular weight is 219 g/mol. The molecule has 0 spiro atoms. The van der Waals surface area contributed by atoms with Crippen LogP contribution >= 0.6 is 0 Å². The van der Waals surface area contributed by atoms with Gasteiger partial charge in [-0.2, -0.15) is 0 Å². The van der Waals surface area contributed by atoms with Crippen molar-refractivity contribution in [2.24, 2.45) is 5.41 Å². The molecule has 0 aromatic heterocycles. The zero-order chi connectivity index (χ0) is 12.2. The van der Waals surface area contributed by atoms with Gasteiger partial charge >= 0.3 is 0 Å². The molecule has 0 bridgehead atoms. The van der Waals surface area contributed by atoms with Crippen LogP contribution in [0.25, 0.3) is 0 Å². The summed E-state index contributed by atoms with van der Waals surface area (Å²) in [6.45, 7) is 13.3. The standard InChI is InChI=1S/C15H25N/c1-6-15(4,5)11-16-10-14-12(2)8-7-9-13(14)3/h7-9,16H,6,10-11H2,1-5H3. The van der Waals surface area contributed by atoms with Crippen LogP contribution in [0.3, 0.4) is 0 Å². The van der Waals surface area contributed by atoms with Gasteiger partial charge in [-0.25, -0.2) is 0 Å². The van der Waals surface area contributed by atoms with E-state index in [1.807, 2.05) is 0 Å². The van der Waals surface area contributed by atoms with Crippen molar-refractivity contribution >= 4 is 0 Å². The molecule has 0 atom stereocenters. The topological polar surface area (TPSA) is 12.0 Å². The Labute approximate surface area is 100 Å². The van der Waals surface area contributed by atoms with Gasteiger partial charge in [-0.3, -0.25) is 0 Å². The van der Waals surface area contributed by atoms with Gasteiger partial charge in [-0.1, -0.05) is 39.0 Å². The minimum Gasteiger partial charge on any atom is -0.312 e. The van der Waals surface area contributed by atoms with E-state index in [0.29, 0.717) is 5.41 Å². The van der Waals surface area contributed by atoms with Gasteiger partial charge < -0.3 is 5.32 Å². The second kappa shape index (κ2) is 5.49. The molecule has 0 aliphatic rings. The lowest BCUT2D eigenvalue weighted by atomic mass is 9.90. The lowest BCUT2D eigenvalue weighted by Crippen LogP contribution is -2.28. The fraction of sp³-hybridized carbons (Fsp3) is 0.600. The van der Waals surface area contributed by atoms with Gasteiger partial charge in [-0.15, -0.1) is 0 Å². The largest absolute Gasteiger partial charge is 0.312 e. The molecule has 1 heteroatoms. The van der Waals surface area contributed by atoms with Crippen molar-refractivity contribution in [3.63, 3.8) is 0 Å². The van der Waals surface area contributed by atoms with Gasteiger partial charge in [0.25, 0.3) is 0 Å². The highest BCUT2D eigenvalue weighted by atomic mass is 14.9. The lowest BCUT2D eigenvalue weighted by Gasteiger charge is -2.23. The number of benzene rings is 1. The molecule has 0 saturated carbocycles. The van der Waals surface area contributed by atoms with E-state index in [1.165, 1.54) is 23.1 Å². The summed E-state index contributed by atoms with van der Waals surface area (Å²) in [6, 6.07) is 6.51. The van der Waals surface area contributed by atoms with Crippen molar-refractivity contribution in [1.82, 2.24) is 5.32 Å². The predicted octanol–water partition coefficient (Wildman–Crippen LogP) is 3.83. The molecule has 16 heavy (non-hydrogen) atoms. The van der Waals surface area contributed by atoms with E-state index in [9.17, 15) is 0 Å². The first kappa shape index (κ1) is 13.2. The van der Waals surface area contributed by atoms with Crippen LogP contribution in [-0.4, -0.2) is 6.54 Å². The van der Waals surface area contributed by atoms with Crippen LogP contribution in [0.5, 0.6) is 0 Å². The third-order valence-electron chi connectivity index (χ3n) is 3.51. The summed E-state index contributed by atoms with van der Waals surface area (Å²) >= 11 is 0. The smallest absolute Gasteiger partial charge is 0.0210 e. The third-order valence-corrected chi connectivity index (χ3v) is 3.51. The fourth-order valence-electron chi connectivity index (χ4n) is 1.78. The predicted molar refractivity (Wildman–Crippen MR) is 71.7 cm³/mol. The SMILES string of the molecule is CCC(C)(C)CNCc1c(C)cccc1C. The van der Waals surface area contributed by atoms with Crippen molar-refractivity contribution in [1.29, 1.82) is 0 Å². The quantitative estimate of drug-likeness (QED) is 0.793. The third kappa shape index (κ3) is 3.64. The molecule has 1 aromatic carbocycles. The molecule has 0 unspecified atom stereocenters. The molecule has 1 nitrogen and oxygen atoms in total. The van der Waals surface area contributed by atoms with Gasteiger partial charge in [0.05, 0.1) is 0 Å². The van der Waals surface area contributed by atoms with E-state index in [-0.39, 0.29) is 0 Å². The zero-order valence-electron chi connectivity index (χ0n) is 11.4. The van der Waals surface area contributed by atoms with Crippen molar-refractivity contribution in [3.05, 3.63) is 34.9 Å². The summed E-state index contributed by atoms with van der Waals surface area (Å²) in [6.07, 6.45) is 1.22. The van der Waals surface area contributed by atoms with Crippen LogP contribution < -0.4 is 5.32 Å². The van der Waals surface area contributed by atoms with E-state index < -0.39 is 0 Å². The van der Waals surface area contributed by atoms with E-state index in [1.54, 1.807) is 0 Å². The molecule has 0 fully saturated rings. The van der Waals surface area contributed by atoms with E-state index >= 15 is 0 Å². The number of aryl methyl sites for hydroxylation is 2. The Bertz CT molecular complexity index is 319. The van der Waals surface area contributed by atoms with Gasteiger partial charge in [0.15, 0.2) is 0 Å². The maximum atomic E-state index is 3.57. The van der Waals surface area contributed by atoms with E-state index in [4.69, 9.17) is 0 Å². The summed E-state index contributed by atoms with van der Waals surface area (Å²) < 4.78 is 0. The molecule has 0 saturated heterocycles. The van der Waals surface area contributed by atoms with Crippen molar-refractivity contribution in [2.75, 3.05) is 6.54 Å². The second-order valence-corrected chi connectivity index (χ2v) is 5.49. The van der Waals surface area contributed by atoms with Crippen LogP contribution in [0.1, 0.15) is 43.9 Å². The first-order chi connectivity index (χ1) is 7.46. The first-order valence-corrected chi connectivity index (χ1v) is 6.22. The molecule has 0 radical (unpaired) electrons. The van der Waals surface area contributed by atoms with Crippen molar-refractivity contribution < 1.29 is 0 Å². The van der Waals surface area contributed by atoms with Crippen LogP contribution in [0.2, 0.25) is 0 Å². The molecule has 0 amide bonds. The monoisotopic (exact) mass is 219 g/mol. The highest BCUT2D eigenvalue weighted by Crippen LogP contribution is 2.19. The Morgan fingerprint density at radius 2 is 1.69 bits per heavy atom. The van der Waals surface area contributed by atoms with Crippen molar-refractivity contribution in [2.45, 2.75) is 47.6 Å². The lowest BCUT2D eigenvalue weighted by molar-refractivity contribution is 0.327. The minimum atomic E-state index is 0.399. The van der Waals surface area contributed by atoms with Gasteiger partial charge in [0.2, 0.25) is 0 Å². The van der Waals surface area contributed by atoms with Gasteiger partial charge in [0, 0.05) is 13.1 Å². The summed E-state index contributed by atoms with van der Waals surface area (Å²) in [5, 5.41) is 3.57. The zero-order valence-corrected chi connectivity index (χ0v) is 11.4. The Balaban J connectivity index is 2.56.